The molecule has 0 aliphatic carbocycles. The summed E-state index contributed by atoms with van der Waals surface area (Å²) in [6.07, 6.45) is 0. The fourth-order valence-electron chi connectivity index (χ4n) is 6.62. The Morgan fingerprint density at radius 1 is 0.485 bits per heavy atom. The van der Waals surface area contributed by atoms with E-state index in [2.05, 4.69) is 46.0 Å². The number of aromatic nitrogens is 3. The number of nitrogens with one attached hydrogen (secondary N) is 2. The fraction of sp³-hybridized carbons (Fsp3) is 0.125. The zero-order valence-corrected chi connectivity index (χ0v) is 37.3. The van der Waals surface area contributed by atoms with Crippen LogP contribution in [0.5, 0.6) is 29.0 Å². The molecule has 0 aliphatic heterocycles. The average molecular weight is 962 g/mol. The summed E-state index contributed by atoms with van der Waals surface area (Å²) in [4.78, 5) is 10.6. The maximum atomic E-state index is 12.3. The van der Waals surface area contributed by atoms with Gasteiger partial charge in [-0.1, -0.05) is 30.3 Å². The van der Waals surface area contributed by atoms with Gasteiger partial charge in [0.05, 0.1) is 51.2 Å². The van der Waals surface area contributed by atoms with Crippen molar-refractivity contribution in [1.29, 1.82) is 0 Å². The van der Waals surface area contributed by atoms with Gasteiger partial charge in [0.1, 0.15) is 49.1 Å². The third kappa shape index (κ3) is 9.87. The summed E-state index contributed by atoms with van der Waals surface area (Å²) in [6, 6.07) is 18.4. The van der Waals surface area contributed by atoms with Gasteiger partial charge in [0, 0.05) is 40.4 Å². The van der Waals surface area contributed by atoms with E-state index in [1.54, 1.807) is 31.2 Å². The van der Waals surface area contributed by atoms with E-state index >= 15 is 0 Å². The molecule has 0 radical (unpaired) electrons. The minimum atomic E-state index is -4.92. The number of benzene rings is 6. The van der Waals surface area contributed by atoms with Crippen LogP contribution in [0.2, 0.25) is 0 Å². The fourth-order valence-corrected chi connectivity index (χ4v) is 8.77. The SMILES string of the molecule is COc1cc(Nc2nc(O)nc(Nc3cc(OC)c(/N=N/c4cc(S(=O)(=O)O)c5cccc(S(=O)(=O)O)c5c4)cc3OC)n2)c(OC)cc1/N=N/c1cc(S(=O)(=O)O)c2cccc(C)c2c1. The first-order valence-electron chi connectivity index (χ1n) is 18.6. The summed E-state index contributed by atoms with van der Waals surface area (Å²) >= 11 is 0. The molecule has 0 unspecified atom stereocenters. The predicted molar refractivity (Wildman–Crippen MR) is 238 cm³/mol. The van der Waals surface area contributed by atoms with E-state index in [1.807, 2.05) is 0 Å². The van der Waals surface area contributed by atoms with Crippen LogP contribution in [0.15, 0.2) is 120 Å². The van der Waals surface area contributed by atoms with Crippen molar-refractivity contribution >= 4 is 97.9 Å². The van der Waals surface area contributed by atoms with Gasteiger partial charge in [-0.25, -0.2) is 0 Å². The van der Waals surface area contributed by atoms with E-state index in [0.29, 0.717) is 10.8 Å². The Morgan fingerprint density at radius 2 is 0.909 bits per heavy atom. The third-order valence-electron chi connectivity index (χ3n) is 9.56. The molecular weight excluding hydrogens is 927 g/mol. The maximum Gasteiger partial charge on any atom is 0.320 e. The molecular formula is C40H35N9O14S3. The van der Waals surface area contributed by atoms with Gasteiger partial charge in [-0.05, 0) is 48.2 Å². The summed E-state index contributed by atoms with van der Waals surface area (Å²) in [5.74, 6) is 0.139. The van der Waals surface area contributed by atoms with Gasteiger partial charge in [0.2, 0.25) is 11.9 Å². The first-order valence-corrected chi connectivity index (χ1v) is 22.9. The second kappa shape index (κ2) is 18.1. The Morgan fingerprint density at radius 3 is 1.35 bits per heavy atom. The van der Waals surface area contributed by atoms with Crippen LogP contribution >= 0.6 is 0 Å². The molecule has 342 valence electrons. The van der Waals surface area contributed by atoms with Crippen LogP contribution < -0.4 is 29.6 Å². The van der Waals surface area contributed by atoms with Gasteiger partial charge in [0.25, 0.3) is 30.4 Å². The van der Waals surface area contributed by atoms with Crippen LogP contribution in [0, 0.1) is 6.92 Å². The molecule has 0 amide bonds. The molecule has 7 aromatic rings. The molecule has 0 fully saturated rings. The number of hydrogen-bond acceptors (Lipinski definition) is 20. The van der Waals surface area contributed by atoms with E-state index in [-0.39, 0.29) is 84.7 Å². The molecule has 0 atom stereocenters. The molecule has 66 heavy (non-hydrogen) atoms. The number of aryl methyl sites for hydroxylation is 1. The highest BCUT2D eigenvalue weighted by Gasteiger charge is 2.23. The summed E-state index contributed by atoms with van der Waals surface area (Å²) in [5, 5.41) is 33.4. The Labute approximate surface area is 375 Å². The van der Waals surface area contributed by atoms with Crippen LogP contribution in [-0.2, 0) is 30.4 Å². The zero-order valence-electron chi connectivity index (χ0n) is 34.8. The number of aromatic hydroxyl groups is 1. The van der Waals surface area contributed by atoms with Crippen molar-refractivity contribution in [3.8, 4) is 29.0 Å². The molecule has 0 spiro atoms. The lowest BCUT2D eigenvalue weighted by atomic mass is 10.1. The molecule has 6 N–H and O–H groups in total. The molecule has 0 saturated carbocycles. The maximum absolute atomic E-state index is 12.3. The number of azo groups is 2. The van der Waals surface area contributed by atoms with Crippen LogP contribution in [0.1, 0.15) is 5.56 Å². The first-order chi connectivity index (χ1) is 31.2. The second-order valence-electron chi connectivity index (χ2n) is 13.7. The van der Waals surface area contributed by atoms with E-state index < -0.39 is 46.2 Å². The molecule has 7 rings (SSSR count). The monoisotopic (exact) mass is 961 g/mol. The van der Waals surface area contributed by atoms with E-state index in [0.717, 1.165) is 23.8 Å². The van der Waals surface area contributed by atoms with Crippen LogP contribution in [0.4, 0.5) is 46.0 Å². The van der Waals surface area contributed by atoms with Gasteiger partial charge in [0.15, 0.2) is 0 Å². The van der Waals surface area contributed by atoms with Crippen molar-refractivity contribution in [2.45, 2.75) is 21.6 Å². The molecule has 1 heterocycles. The Balaban J connectivity index is 1.18. The van der Waals surface area contributed by atoms with Crippen molar-refractivity contribution in [2.75, 3.05) is 39.1 Å². The molecule has 0 aliphatic rings. The van der Waals surface area contributed by atoms with Crippen LogP contribution in [-0.4, -0.2) is 87.4 Å². The number of methoxy groups -OCH3 is 4. The number of hydrogen-bond donors (Lipinski definition) is 6. The number of ether oxygens (including phenoxy) is 4. The summed E-state index contributed by atoms with van der Waals surface area (Å²) in [7, 11) is -9.00. The minimum absolute atomic E-state index is 0.0246. The molecule has 26 heteroatoms. The van der Waals surface area contributed by atoms with E-state index in [4.69, 9.17) is 18.9 Å². The van der Waals surface area contributed by atoms with Crippen LogP contribution in [0.3, 0.4) is 0 Å². The van der Waals surface area contributed by atoms with Crippen molar-refractivity contribution in [1.82, 2.24) is 15.0 Å². The molecule has 0 saturated heterocycles. The normalized spacial score (nSPS) is 12.2. The highest BCUT2D eigenvalue weighted by Crippen LogP contribution is 2.43. The zero-order chi connectivity index (χ0) is 47.7. The van der Waals surface area contributed by atoms with E-state index in [1.165, 1.54) is 70.9 Å². The van der Waals surface area contributed by atoms with Crippen molar-refractivity contribution < 1.29 is 63.0 Å². The number of rotatable bonds is 15. The Hall–Kier alpha value is -7.62. The number of anilines is 4. The van der Waals surface area contributed by atoms with Gasteiger partial charge >= 0.3 is 6.01 Å². The van der Waals surface area contributed by atoms with Crippen molar-refractivity contribution in [3.05, 3.63) is 90.5 Å². The quantitative estimate of drug-likeness (QED) is 0.0415. The summed E-state index contributed by atoms with van der Waals surface area (Å²) in [6.45, 7) is 1.78. The first kappa shape index (κ1) is 46.4. The lowest BCUT2D eigenvalue weighted by molar-refractivity contribution is 0.405. The average Bonchev–Trinajstić information content (AvgIpc) is 3.26. The topological polar surface area (TPSA) is 332 Å². The molecule has 6 aromatic carbocycles. The standard InChI is InChI=1S/C40H35N9O14S3/c1-20-8-6-9-23-25(20)12-21(14-36(23)65(54,55)56)46-48-29-18-31(60-2)27(16-33(29)62-4)41-38-43-39(45-40(50)44-38)42-28-17-34(63-5)30(19-32(28)61-3)49-47-22-13-26-24(37(15-22)66(57,58)59)10-7-11-35(26)64(51,52)53/h6-19H,1-5H3,(H,51,52,53)(H,54,55,56)(H,57,58,59)(H3,41,42,43,44,45,50)/b48-46+,49-47+. The Kier molecular flexibility index (Phi) is 12.7. The van der Waals surface area contributed by atoms with E-state index in [9.17, 15) is 44.0 Å². The molecule has 23 nitrogen and oxygen atoms in total. The molecule has 0 bridgehead atoms. The highest BCUT2D eigenvalue weighted by atomic mass is 32.2. The Bertz CT molecular complexity index is 3500. The van der Waals surface area contributed by atoms with Crippen LogP contribution in [0.25, 0.3) is 21.5 Å². The second-order valence-corrected chi connectivity index (χ2v) is 17.9. The van der Waals surface area contributed by atoms with Gasteiger partial charge in [-0.15, -0.1) is 10.2 Å². The highest BCUT2D eigenvalue weighted by molar-refractivity contribution is 7.86. The van der Waals surface area contributed by atoms with Gasteiger partial charge in [-0.3, -0.25) is 13.7 Å². The molecule has 1 aromatic heterocycles. The van der Waals surface area contributed by atoms with Gasteiger partial charge < -0.3 is 34.7 Å². The van der Waals surface area contributed by atoms with Crippen molar-refractivity contribution in [3.63, 3.8) is 0 Å². The summed E-state index contributed by atoms with van der Waals surface area (Å²) < 4.78 is 125. The lowest BCUT2D eigenvalue weighted by Gasteiger charge is -2.15. The summed E-state index contributed by atoms with van der Waals surface area (Å²) in [5.41, 5.74) is 1.24. The smallest absolute Gasteiger partial charge is 0.320 e. The van der Waals surface area contributed by atoms with Crippen molar-refractivity contribution in [2.24, 2.45) is 20.5 Å². The number of nitrogens with zero attached hydrogens (tertiary/aromatic N) is 7. The lowest BCUT2D eigenvalue weighted by Crippen LogP contribution is -2.05. The largest absolute Gasteiger partial charge is 0.494 e. The third-order valence-corrected chi connectivity index (χ3v) is 12.3. The predicted octanol–water partition coefficient (Wildman–Crippen LogP) is 8.28. The van der Waals surface area contributed by atoms with Gasteiger partial charge in [-0.2, -0.15) is 50.4 Å². The number of fused-ring (bicyclic) bond motifs is 2. The minimum Gasteiger partial charge on any atom is -0.494 e.